The Kier molecular flexibility index (Phi) is 4.46. The van der Waals surface area contributed by atoms with E-state index in [4.69, 9.17) is 10.8 Å². The first kappa shape index (κ1) is 17.6. The number of nitrogens with two attached hydrogens (primary N) is 1. The minimum atomic E-state index is -0.344. The number of benzene rings is 1. The Bertz CT molecular complexity index is 938. The molecule has 0 amide bonds. The number of aromatic nitrogens is 4. The number of nitrogen functional groups attached to an aromatic ring is 1. The van der Waals surface area contributed by atoms with Crippen LogP contribution in [0.25, 0.3) is 11.3 Å². The van der Waals surface area contributed by atoms with E-state index >= 15 is 0 Å². The van der Waals surface area contributed by atoms with Crippen LogP contribution in [0.2, 0.25) is 0 Å². The molecule has 7 heteroatoms. The smallest absolute Gasteiger partial charge is 0.156 e. The van der Waals surface area contributed by atoms with Crippen molar-refractivity contribution in [2.75, 3.05) is 11.1 Å². The number of carbonyl (C=O) groups is 1. The molecule has 0 atom stereocenters. The first-order valence-corrected chi connectivity index (χ1v) is 8.30. The van der Waals surface area contributed by atoms with Crippen LogP contribution in [-0.2, 0) is 5.54 Å². The summed E-state index contributed by atoms with van der Waals surface area (Å²) in [6.07, 6.45) is 4.10. The van der Waals surface area contributed by atoms with E-state index in [1.54, 1.807) is 29.2 Å². The van der Waals surface area contributed by atoms with E-state index in [0.29, 0.717) is 28.6 Å². The van der Waals surface area contributed by atoms with Gasteiger partial charge in [0, 0.05) is 17.4 Å². The Morgan fingerprint density at radius 2 is 1.85 bits per heavy atom. The molecule has 0 saturated heterocycles. The van der Waals surface area contributed by atoms with Crippen LogP contribution in [0.4, 0.5) is 17.3 Å². The molecule has 0 saturated carbocycles. The fraction of sp³-hybridized carbons (Fsp3) is 0.263. The second-order valence-electron chi connectivity index (χ2n) is 7.10. The Morgan fingerprint density at radius 1 is 1.15 bits per heavy atom. The molecule has 0 aliphatic heterocycles. The third kappa shape index (κ3) is 3.42. The molecule has 0 bridgehead atoms. The standard InChI is InChI=1S/C19H22N6O/c1-12-9-21-10-16(22-12)23-18-15(11-26)17(24-25(18)19(2,3)4)13-5-7-14(20)8-6-13/h5-11H,20H2,1-4H3,(H,22,23). The Balaban J connectivity index is 2.17. The van der Waals surface area contributed by atoms with Crippen molar-refractivity contribution in [3.63, 3.8) is 0 Å². The maximum absolute atomic E-state index is 11.9. The van der Waals surface area contributed by atoms with Crippen molar-refractivity contribution in [1.82, 2.24) is 19.7 Å². The van der Waals surface area contributed by atoms with Crippen LogP contribution in [-0.4, -0.2) is 26.0 Å². The van der Waals surface area contributed by atoms with Gasteiger partial charge in [-0.15, -0.1) is 0 Å². The number of nitrogens with zero attached hydrogens (tertiary/aromatic N) is 4. The van der Waals surface area contributed by atoms with Crippen LogP contribution < -0.4 is 11.1 Å². The van der Waals surface area contributed by atoms with Gasteiger partial charge in [-0.3, -0.25) is 9.78 Å². The van der Waals surface area contributed by atoms with Gasteiger partial charge in [0.15, 0.2) is 6.29 Å². The lowest BCUT2D eigenvalue weighted by Gasteiger charge is -2.22. The van der Waals surface area contributed by atoms with Crippen LogP contribution in [0.3, 0.4) is 0 Å². The normalized spacial score (nSPS) is 11.4. The molecule has 0 unspecified atom stereocenters. The molecule has 0 aliphatic rings. The predicted molar refractivity (Wildman–Crippen MR) is 103 cm³/mol. The summed E-state index contributed by atoms with van der Waals surface area (Å²) in [6, 6.07) is 7.29. The third-order valence-electron chi connectivity index (χ3n) is 3.86. The largest absolute Gasteiger partial charge is 0.399 e. The zero-order valence-electron chi connectivity index (χ0n) is 15.3. The highest BCUT2D eigenvalue weighted by molar-refractivity contribution is 5.93. The zero-order chi connectivity index (χ0) is 18.9. The van der Waals surface area contributed by atoms with Gasteiger partial charge >= 0.3 is 0 Å². The molecular weight excluding hydrogens is 328 g/mol. The second kappa shape index (κ2) is 6.59. The van der Waals surface area contributed by atoms with Crippen molar-refractivity contribution in [3.05, 3.63) is 47.9 Å². The molecule has 3 rings (SSSR count). The maximum atomic E-state index is 11.9. The first-order valence-electron chi connectivity index (χ1n) is 8.30. The van der Waals surface area contributed by atoms with Crippen molar-refractivity contribution >= 4 is 23.6 Å². The molecule has 26 heavy (non-hydrogen) atoms. The average molecular weight is 350 g/mol. The average Bonchev–Trinajstić information content (AvgIpc) is 2.94. The van der Waals surface area contributed by atoms with Gasteiger partial charge in [-0.1, -0.05) is 12.1 Å². The van der Waals surface area contributed by atoms with Crippen molar-refractivity contribution in [2.45, 2.75) is 33.2 Å². The second-order valence-corrected chi connectivity index (χ2v) is 7.10. The molecule has 0 fully saturated rings. The van der Waals surface area contributed by atoms with Crippen LogP contribution >= 0.6 is 0 Å². The Morgan fingerprint density at radius 3 is 2.42 bits per heavy atom. The zero-order valence-corrected chi connectivity index (χ0v) is 15.3. The highest BCUT2D eigenvalue weighted by Crippen LogP contribution is 2.33. The molecule has 2 heterocycles. The van der Waals surface area contributed by atoms with Gasteiger partial charge in [0.2, 0.25) is 0 Å². The molecule has 134 valence electrons. The molecular formula is C19H22N6O. The van der Waals surface area contributed by atoms with Gasteiger partial charge < -0.3 is 11.1 Å². The van der Waals surface area contributed by atoms with Crippen LogP contribution in [0.15, 0.2) is 36.7 Å². The number of rotatable bonds is 4. The van der Waals surface area contributed by atoms with Crippen molar-refractivity contribution in [2.24, 2.45) is 0 Å². The van der Waals surface area contributed by atoms with E-state index in [1.165, 1.54) is 0 Å². The van der Waals surface area contributed by atoms with E-state index < -0.39 is 0 Å². The molecule has 2 aromatic heterocycles. The number of aldehydes is 1. The van der Waals surface area contributed by atoms with E-state index in [1.807, 2.05) is 39.8 Å². The summed E-state index contributed by atoms with van der Waals surface area (Å²) in [6.45, 7) is 7.93. The van der Waals surface area contributed by atoms with Gasteiger partial charge in [0.1, 0.15) is 17.3 Å². The summed E-state index contributed by atoms with van der Waals surface area (Å²) in [5.41, 5.74) is 8.75. The van der Waals surface area contributed by atoms with Crippen LogP contribution in [0, 0.1) is 6.92 Å². The summed E-state index contributed by atoms with van der Waals surface area (Å²) in [5, 5.41) is 7.92. The van der Waals surface area contributed by atoms with Crippen LogP contribution in [0.1, 0.15) is 36.8 Å². The molecule has 0 radical (unpaired) electrons. The Hall–Kier alpha value is -3.22. The fourth-order valence-corrected chi connectivity index (χ4v) is 2.65. The summed E-state index contributed by atoms with van der Waals surface area (Å²) >= 11 is 0. The summed E-state index contributed by atoms with van der Waals surface area (Å²) in [4.78, 5) is 20.5. The van der Waals surface area contributed by atoms with E-state index in [9.17, 15) is 4.79 Å². The Labute approximate surface area is 152 Å². The van der Waals surface area contributed by atoms with E-state index in [-0.39, 0.29) is 5.54 Å². The van der Waals surface area contributed by atoms with Gasteiger partial charge in [0.05, 0.1) is 23.0 Å². The molecule has 0 spiro atoms. The topological polar surface area (TPSA) is 98.7 Å². The minimum Gasteiger partial charge on any atom is -0.399 e. The summed E-state index contributed by atoms with van der Waals surface area (Å²) in [5.74, 6) is 1.14. The van der Waals surface area contributed by atoms with Crippen molar-refractivity contribution in [3.8, 4) is 11.3 Å². The monoisotopic (exact) mass is 350 g/mol. The molecule has 3 aromatic rings. The maximum Gasteiger partial charge on any atom is 0.156 e. The minimum absolute atomic E-state index is 0.344. The van der Waals surface area contributed by atoms with E-state index in [0.717, 1.165) is 17.5 Å². The molecule has 7 nitrogen and oxygen atoms in total. The highest BCUT2D eigenvalue weighted by atomic mass is 16.1. The number of hydrogen-bond donors (Lipinski definition) is 2. The van der Waals surface area contributed by atoms with Gasteiger partial charge in [-0.2, -0.15) is 5.10 Å². The van der Waals surface area contributed by atoms with Crippen molar-refractivity contribution < 1.29 is 4.79 Å². The third-order valence-corrected chi connectivity index (χ3v) is 3.86. The predicted octanol–water partition coefficient (Wildman–Crippen LogP) is 3.54. The number of nitrogens with one attached hydrogen (secondary N) is 1. The number of hydrogen-bond acceptors (Lipinski definition) is 6. The summed E-state index contributed by atoms with van der Waals surface area (Å²) < 4.78 is 1.80. The first-order chi connectivity index (χ1) is 12.3. The summed E-state index contributed by atoms with van der Waals surface area (Å²) in [7, 11) is 0. The molecule has 3 N–H and O–H groups in total. The lowest BCUT2D eigenvalue weighted by molar-refractivity contribution is 0.112. The SMILES string of the molecule is Cc1cncc(Nc2c(C=O)c(-c3ccc(N)cc3)nn2C(C)(C)C)n1. The van der Waals surface area contributed by atoms with E-state index in [2.05, 4.69) is 15.3 Å². The number of carbonyl (C=O) groups excluding carboxylic acids is 1. The van der Waals surface area contributed by atoms with Gasteiger partial charge in [-0.25, -0.2) is 9.67 Å². The lowest BCUT2D eigenvalue weighted by Crippen LogP contribution is -2.25. The molecule has 1 aromatic carbocycles. The lowest BCUT2D eigenvalue weighted by atomic mass is 10.1. The van der Waals surface area contributed by atoms with Gasteiger partial charge in [0.25, 0.3) is 0 Å². The highest BCUT2D eigenvalue weighted by Gasteiger charge is 2.26. The fourth-order valence-electron chi connectivity index (χ4n) is 2.65. The quantitative estimate of drug-likeness (QED) is 0.551. The van der Waals surface area contributed by atoms with Crippen molar-refractivity contribution in [1.29, 1.82) is 0 Å². The van der Waals surface area contributed by atoms with Crippen LogP contribution in [0.5, 0.6) is 0 Å². The van der Waals surface area contributed by atoms with Gasteiger partial charge in [-0.05, 0) is 39.8 Å². The number of aryl methyl sites for hydroxylation is 1. The molecule has 0 aliphatic carbocycles. The number of anilines is 3.